The number of alkyl halides is 3. The van der Waals surface area contributed by atoms with Gasteiger partial charge in [0.15, 0.2) is 0 Å². The number of ether oxygens (including phenoxy) is 1. The lowest BCUT2D eigenvalue weighted by Crippen LogP contribution is -2.30. The van der Waals surface area contributed by atoms with Crippen molar-refractivity contribution in [1.82, 2.24) is 9.97 Å². The molecule has 1 aliphatic heterocycles. The largest absolute Gasteiger partial charge is 0.438 e. The molecule has 5 rings (SSSR count). The smallest absolute Gasteiger partial charge is 0.416 e. The summed E-state index contributed by atoms with van der Waals surface area (Å²) < 4.78 is 46.8. The maximum Gasteiger partial charge on any atom is 0.416 e. The fraction of sp³-hybridized carbons (Fsp3) is 0.258. The van der Waals surface area contributed by atoms with Crippen LogP contribution in [0, 0.1) is 6.92 Å². The third kappa shape index (κ3) is 6.42. The molecular formula is C31H30F3N5O2. The molecule has 1 aliphatic rings. The average molecular weight is 562 g/mol. The molecule has 10 heteroatoms. The summed E-state index contributed by atoms with van der Waals surface area (Å²) in [4.78, 5) is 24.1. The van der Waals surface area contributed by atoms with Crippen molar-refractivity contribution in [3.05, 3.63) is 89.7 Å². The van der Waals surface area contributed by atoms with E-state index in [4.69, 9.17) is 4.74 Å². The van der Waals surface area contributed by atoms with Gasteiger partial charge in [-0.1, -0.05) is 6.07 Å². The summed E-state index contributed by atoms with van der Waals surface area (Å²) >= 11 is 0. The number of piperidine rings is 1. The number of carbonyl (C=O) groups excluding carboxylic acids is 1. The van der Waals surface area contributed by atoms with Gasteiger partial charge >= 0.3 is 6.18 Å². The first-order valence-electron chi connectivity index (χ1n) is 13.4. The van der Waals surface area contributed by atoms with Crippen LogP contribution in [-0.2, 0) is 6.18 Å². The van der Waals surface area contributed by atoms with Crippen LogP contribution in [0.15, 0.2) is 73.1 Å². The Morgan fingerprint density at radius 2 is 1.76 bits per heavy atom. The molecular weight excluding hydrogens is 531 g/mol. The highest BCUT2D eigenvalue weighted by Crippen LogP contribution is 2.37. The van der Waals surface area contributed by atoms with Crippen molar-refractivity contribution in [1.29, 1.82) is 0 Å². The van der Waals surface area contributed by atoms with Crippen LogP contribution in [0.3, 0.4) is 0 Å². The quantitative estimate of drug-likeness (QED) is 0.243. The molecule has 2 N–H and O–H groups in total. The highest BCUT2D eigenvalue weighted by molar-refractivity contribution is 6.06. The van der Waals surface area contributed by atoms with Crippen LogP contribution >= 0.6 is 0 Å². The van der Waals surface area contributed by atoms with Crippen molar-refractivity contribution < 1.29 is 22.7 Å². The molecule has 41 heavy (non-hydrogen) atoms. The number of anilines is 3. The molecule has 1 fully saturated rings. The zero-order valence-electron chi connectivity index (χ0n) is 22.8. The van der Waals surface area contributed by atoms with E-state index >= 15 is 0 Å². The van der Waals surface area contributed by atoms with E-state index in [-0.39, 0.29) is 11.3 Å². The van der Waals surface area contributed by atoms with Gasteiger partial charge in [0.25, 0.3) is 5.91 Å². The summed E-state index contributed by atoms with van der Waals surface area (Å²) in [6.45, 7) is 3.28. The number of nitrogens with zero attached hydrogens (tertiary/aromatic N) is 3. The molecule has 0 spiro atoms. The molecule has 0 atom stereocenters. The molecule has 4 aromatic rings. The van der Waals surface area contributed by atoms with E-state index in [1.165, 1.54) is 6.07 Å². The Bertz CT molecular complexity index is 1550. The van der Waals surface area contributed by atoms with E-state index in [0.29, 0.717) is 23.1 Å². The molecule has 0 aliphatic carbocycles. The minimum atomic E-state index is -4.53. The Balaban J connectivity index is 1.44. The van der Waals surface area contributed by atoms with Crippen molar-refractivity contribution in [3.8, 4) is 22.8 Å². The second kappa shape index (κ2) is 11.9. The third-order valence-corrected chi connectivity index (χ3v) is 7.02. The van der Waals surface area contributed by atoms with Crippen molar-refractivity contribution in [2.45, 2.75) is 32.4 Å². The summed E-state index contributed by atoms with van der Waals surface area (Å²) in [6, 6.07) is 15.8. The SMILES string of the molecule is CNc1cc(-c2cccnc2Oc2cc(C(=O)Nc3cc(C(F)(F)F)ccc3N3CCCCC3)ccc2C)ccn1. The van der Waals surface area contributed by atoms with Gasteiger partial charge in [-0.3, -0.25) is 4.79 Å². The number of halogens is 3. The third-order valence-electron chi connectivity index (χ3n) is 7.02. The predicted octanol–water partition coefficient (Wildman–Crippen LogP) is 7.55. The standard InChI is InChI=1S/C31H30F3N5O2/c1-20-8-9-22(17-27(20)41-30-24(7-6-13-37-30)21-12-14-36-28(18-21)35-2)29(40)38-25-19-23(31(32,33)34)10-11-26(25)39-15-4-3-5-16-39/h6-14,17-19H,3-5,15-16H2,1-2H3,(H,35,36)(H,38,40). The molecule has 1 saturated heterocycles. The fourth-order valence-electron chi connectivity index (χ4n) is 4.80. The predicted molar refractivity (Wildman–Crippen MR) is 154 cm³/mol. The zero-order valence-corrected chi connectivity index (χ0v) is 22.8. The maximum atomic E-state index is 13.5. The van der Waals surface area contributed by atoms with Crippen LogP contribution in [0.2, 0.25) is 0 Å². The summed E-state index contributed by atoms with van der Waals surface area (Å²) in [5.74, 6) is 0.889. The molecule has 0 bridgehead atoms. The number of amides is 1. The van der Waals surface area contributed by atoms with E-state index in [1.807, 2.05) is 30.0 Å². The molecule has 0 radical (unpaired) electrons. The number of hydrogen-bond acceptors (Lipinski definition) is 6. The Labute approximate surface area is 236 Å². The monoisotopic (exact) mass is 561 g/mol. The molecule has 1 amide bonds. The maximum absolute atomic E-state index is 13.5. The fourth-order valence-corrected chi connectivity index (χ4v) is 4.80. The molecule has 0 unspecified atom stereocenters. The van der Waals surface area contributed by atoms with Crippen LogP contribution in [-0.4, -0.2) is 36.0 Å². The number of aryl methyl sites for hydroxylation is 1. The van der Waals surface area contributed by atoms with Crippen molar-refractivity contribution in [3.63, 3.8) is 0 Å². The van der Waals surface area contributed by atoms with Crippen LogP contribution < -0.4 is 20.3 Å². The molecule has 2 aromatic carbocycles. The first kappa shape index (κ1) is 27.9. The first-order chi connectivity index (χ1) is 19.7. The summed E-state index contributed by atoms with van der Waals surface area (Å²) in [5, 5.41) is 5.74. The van der Waals surface area contributed by atoms with Crippen molar-refractivity contribution in [2.24, 2.45) is 0 Å². The number of hydrogen-bond donors (Lipinski definition) is 2. The topological polar surface area (TPSA) is 79.4 Å². The second-order valence-electron chi connectivity index (χ2n) is 9.85. The normalized spacial score (nSPS) is 13.5. The van der Waals surface area contributed by atoms with Gasteiger partial charge < -0.3 is 20.3 Å². The molecule has 3 heterocycles. The van der Waals surface area contributed by atoms with E-state index in [9.17, 15) is 18.0 Å². The van der Waals surface area contributed by atoms with E-state index in [0.717, 1.165) is 61.2 Å². The lowest BCUT2D eigenvalue weighted by atomic mass is 10.1. The number of pyridine rings is 2. The van der Waals surface area contributed by atoms with Gasteiger partial charge in [0, 0.05) is 43.7 Å². The minimum Gasteiger partial charge on any atom is -0.438 e. The molecule has 2 aromatic heterocycles. The Kier molecular flexibility index (Phi) is 8.09. The molecule has 212 valence electrons. The first-order valence-corrected chi connectivity index (χ1v) is 13.4. The van der Waals surface area contributed by atoms with Gasteiger partial charge in [-0.15, -0.1) is 0 Å². The number of nitrogens with one attached hydrogen (secondary N) is 2. The molecule has 0 saturated carbocycles. The second-order valence-corrected chi connectivity index (χ2v) is 9.85. The Morgan fingerprint density at radius 1 is 0.951 bits per heavy atom. The van der Waals surface area contributed by atoms with E-state index in [1.54, 1.807) is 43.7 Å². The van der Waals surface area contributed by atoms with E-state index < -0.39 is 17.6 Å². The number of benzene rings is 2. The van der Waals surface area contributed by atoms with Gasteiger partial charge in [0.2, 0.25) is 5.88 Å². The average Bonchev–Trinajstić information content (AvgIpc) is 2.98. The highest BCUT2D eigenvalue weighted by Gasteiger charge is 2.32. The Morgan fingerprint density at radius 3 is 2.51 bits per heavy atom. The zero-order chi connectivity index (χ0) is 29.0. The molecule has 7 nitrogen and oxygen atoms in total. The van der Waals surface area contributed by atoms with Crippen LogP contribution in [0.4, 0.5) is 30.4 Å². The summed E-state index contributed by atoms with van der Waals surface area (Å²) in [5.41, 5.74) is 2.46. The number of rotatable bonds is 7. The summed E-state index contributed by atoms with van der Waals surface area (Å²) in [6.07, 6.45) is 1.71. The van der Waals surface area contributed by atoms with Gasteiger partial charge in [0.05, 0.1) is 16.9 Å². The lowest BCUT2D eigenvalue weighted by molar-refractivity contribution is -0.137. The minimum absolute atomic E-state index is 0.125. The summed E-state index contributed by atoms with van der Waals surface area (Å²) in [7, 11) is 1.78. The van der Waals surface area contributed by atoms with Crippen molar-refractivity contribution >= 4 is 23.1 Å². The number of aromatic nitrogens is 2. The van der Waals surface area contributed by atoms with Crippen LogP contribution in [0.5, 0.6) is 11.6 Å². The Hall–Kier alpha value is -4.60. The van der Waals surface area contributed by atoms with Gasteiger partial charge in [0.1, 0.15) is 11.6 Å². The van der Waals surface area contributed by atoms with Gasteiger partial charge in [-0.2, -0.15) is 13.2 Å². The number of carbonyl (C=O) groups is 1. The lowest BCUT2D eigenvalue weighted by Gasteiger charge is -2.31. The van der Waals surface area contributed by atoms with Crippen molar-refractivity contribution in [2.75, 3.05) is 35.7 Å². The van der Waals surface area contributed by atoms with Crippen LogP contribution in [0.25, 0.3) is 11.1 Å². The van der Waals surface area contributed by atoms with Gasteiger partial charge in [-0.05, 0) is 91.9 Å². The van der Waals surface area contributed by atoms with Gasteiger partial charge in [-0.25, -0.2) is 9.97 Å². The van der Waals surface area contributed by atoms with Crippen LogP contribution in [0.1, 0.15) is 40.7 Å². The highest BCUT2D eigenvalue weighted by atomic mass is 19.4. The van der Waals surface area contributed by atoms with E-state index in [2.05, 4.69) is 20.6 Å².